The van der Waals surface area contributed by atoms with Crippen LogP contribution in [0.1, 0.15) is 10.5 Å². The molecule has 0 atom stereocenters. The lowest BCUT2D eigenvalue weighted by Crippen LogP contribution is -2.18. The van der Waals surface area contributed by atoms with Gasteiger partial charge in [-0.3, -0.25) is 9.78 Å². The third kappa shape index (κ3) is 3.14. The fourth-order valence-electron chi connectivity index (χ4n) is 1.43. The van der Waals surface area contributed by atoms with Gasteiger partial charge < -0.3 is 15.8 Å². The van der Waals surface area contributed by atoms with E-state index >= 15 is 0 Å². The van der Waals surface area contributed by atoms with Crippen molar-refractivity contribution in [2.75, 3.05) is 12.8 Å². The molecule has 0 saturated carbocycles. The van der Waals surface area contributed by atoms with Crippen molar-refractivity contribution >= 4 is 23.2 Å². The highest BCUT2D eigenvalue weighted by atomic mass is 35.5. The molecular weight excluding hydrogens is 266 g/mol. The van der Waals surface area contributed by atoms with Crippen LogP contribution >= 0.6 is 11.6 Å². The molecule has 0 fully saturated rings. The number of aromatic nitrogens is 1. The van der Waals surface area contributed by atoms with Crippen molar-refractivity contribution in [3.8, 4) is 11.5 Å². The van der Waals surface area contributed by atoms with Gasteiger partial charge in [0, 0.05) is 25.4 Å². The smallest absolute Gasteiger partial charge is 0.269 e. The minimum absolute atomic E-state index is 0.277. The molecule has 0 bridgehead atoms. The molecule has 0 radical (unpaired) electrons. The number of hydrogen-bond acceptors (Lipinski definition) is 4. The lowest BCUT2D eigenvalue weighted by molar-refractivity contribution is 0.0958. The van der Waals surface area contributed by atoms with E-state index in [0.717, 1.165) is 0 Å². The highest BCUT2D eigenvalue weighted by molar-refractivity contribution is 6.33. The molecule has 0 unspecified atom stereocenters. The highest BCUT2D eigenvalue weighted by Gasteiger charge is 2.07. The molecule has 5 nitrogen and oxygen atoms in total. The van der Waals surface area contributed by atoms with Crippen LogP contribution in [-0.4, -0.2) is 17.9 Å². The first kappa shape index (κ1) is 13.2. The average Bonchev–Trinajstić information content (AvgIpc) is 2.42. The molecule has 0 aliphatic heterocycles. The Kier molecular flexibility index (Phi) is 3.87. The summed E-state index contributed by atoms with van der Waals surface area (Å²) in [6.45, 7) is 0. The van der Waals surface area contributed by atoms with E-state index in [9.17, 15) is 4.79 Å². The van der Waals surface area contributed by atoms with Crippen LogP contribution in [0, 0.1) is 0 Å². The standard InChI is InChI=1S/C13H12ClN3O2/c1-16-13(18)12-7-9(4-5-17-12)19-8-2-3-11(15)10(14)6-8/h2-7H,15H2,1H3,(H,16,18). The molecule has 0 aliphatic carbocycles. The minimum atomic E-state index is -0.277. The molecule has 6 heteroatoms. The summed E-state index contributed by atoms with van der Waals surface area (Å²) in [6, 6.07) is 8.15. The van der Waals surface area contributed by atoms with Gasteiger partial charge >= 0.3 is 0 Å². The van der Waals surface area contributed by atoms with E-state index in [1.54, 1.807) is 30.3 Å². The van der Waals surface area contributed by atoms with Crippen molar-refractivity contribution in [2.45, 2.75) is 0 Å². The van der Waals surface area contributed by atoms with Gasteiger partial charge in [-0.1, -0.05) is 11.6 Å². The molecular formula is C13H12ClN3O2. The Morgan fingerprint density at radius 2 is 2.05 bits per heavy atom. The minimum Gasteiger partial charge on any atom is -0.457 e. The summed E-state index contributed by atoms with van der Waals surface area (Å²) in [4.78, 5) is 15.4. The van der Waals surface area contributed by atoms with Gasteiger partial charge in [-0.2, -0.15) is 0 Å². The number of ether oxygens (including phenoxy) is 1. The molecule has 3 N–H and O–H groups in total. The topological polar surface area (TPSA) is 77.2 Å². The predicted octanol–water partition coefficient (Wildman–Crippen LogP) is 2.47. The molecule has 1 aromatic heterocycles. The second-order valence-corrected chi connectivity index (χ2v) is 4.15. The molecule has 1 amide bonds. The fraction of sp³-hybridized carbons (Fsp3) is 0.0769. The lowest BCUT2D eigenvalue weighted by atomic mass is 10.3. The van der Waals surface area contributed by atoms with E-state index in [-0.39, 0.29) is 11.6 Å². The van der Waals surface area contributed by atoms with E-state index in [4.69, 9.17) is 22.1 Å². The number of nitrogens with one attached hydrogen (secondary N) is 1. The number of carbonyl (C=O) groups excluding carboxylic acids is 1. The lowest BCUT2D eigenvalue weighted by Gasteiger charge is -2.08. The maximum Gasteiger partial charge on any atom is 0.269 e. The molecule has 98 valence electrons. The third-order valence-electron chi connectivity index (χ3n) is 2.40. The number of anilines is 1. The molecule has 19 heavy (non-hydrogen) atoms. The van der Waals surface area contributed by atoms with Crippen molar-refractivity contribution < 1.29 is 9.53 Å². The predicted molar refractivity (Wildman–Crippen MR) is 73.6 cm³/mol. The Balaban J connectivity index is 2.23. The number of nitrogen functional groups attached to an aromatic ring is 1. The van der Waals surface area contributed by atoms with Crippen LogP contribution in [0.3, 0.4) is 0 Å². The number of benzene rings is 1. The number of pyridine rings is 1. The average molecular weight is 278 g/mol. The van der Waals surface area contributed by atoms with Gasteiger partial charge in [0.1, 0.15) is 17.2 Å². The fourth-order valence-corrected chi connectivity index (χ4v) is 1.60. The first-order valence-corrected chi connectivity index (χ1v) is 5.89. The molecule has 0 spiro atoms. The van der Waals surface area contributed by atoms with E-state index in [0.29, 0.717) is 22.2 Å². The van der Waals surface area contributed by atoms with Crippen LogP contribution in [0.5, 0.6) is 11.5 Å². The number of rotatable bonds is 3. The number of nitrogens with zero attached hydrogens (tertiary/aromatic N) is 1. The van der Waals surface area contributed by atoms with Crippen LogP contribution in [-0.2, 0) is 0 Å². The van der Waals surface area contributed by atoms with Gasteiger partial charge in [0.05, 0.1) is 10.7 Å². The number of carbonyl (C=O) groups is 1. The van der Waals surface area contributed by atoms with E-state index in [2.05, 4.69) is 10.3 Å². The molecule has 1 aromatic carbocycles. The zero-order valence-corrected chi connectivity index (χ0v) is 10.9. The van der Waals surface area contributed by atoms with Crippen LogP contribution < -0.4 is 15.8 Å². The SMILES string of the molecule is CNC(=O)c1cc(Oc2ccc(N)c(Cl)c2)ccn1. The van der Waals surface area contributed by atoms with Gasteiger partial charge in [0.25, 0.3) is 5.91 Å². The summed E-state index contributed by atoms with van der Waals surface area (Å²) >= 11 is 5.90. The third-order valence-corrected chi connectivity index (χ3v) is 2.73. The largest absolute Gasteiger partial charge is 0.457 e. The van der Waals surface area contributed by atoms with Crippen LogP contribution in [0.2, 0.25) is 5.02 Å². The van der Waals surface area contributed by atoms with Gasteiger partial charge in [0.2, 0.25) is 0 Å². The van der Waals surface area contributed by atoms with Crippen molar-refractivity contribution in [3.63, 3.8) is 0 Å². The van der Waals surface area contributed by atoms with E-state index in [1.165, 1.54) is 13.2 Å². The summed E-state index contributed by atoms with van der Waals surface area (Å²) in [5.74, 6) is 0.753. The maximum atomic E-state index is 11.5. The summed E-state index contributed by atoms with van der Waals surface area (Å²) in [7, 11) is 1.54. The molecule has 0 saturated heterocycles. The van der Waals surface area contributed by atoms with E-state index < -0.39 is 0 Å². The van der Waals surface area contributed by atoms with Crippen LogP contribution in [0.15, 0.2) is 36.5 Å². The van der Waals surface area contributed by atoms with Gasteiger partial charge in [-0.15, -0.1) is 0 Å². The zero-order valence-electron chi connectivity index (χ0n) is 10.2. The van der Waals surface area contributed by atoms with Crippen molar-refractivity contribution in [2.24, 2.45) is 0 Å². The Morgan fingerprint density at radius 3 is 2.74 bits per heavy atom. The second-order valence-electron chi connectivity index (χ2n) is 3.74. The maximum absolute atomic E-state index is 11.5. The quantitative estimate of drug-likeness (QED) is 0.845. The number of halogens is 1. The Labute approximate surface area is 115 Å². The van der Waals surface area contributed by atoms with Crippen molar-refractivity contribution in [1.82, 2.24) is 10.3 Å². The Bertz CT molecular complexity index is 617. The summed E-state index contributed by atoms with van der Waals surface area (Å²) in [5, 5.41) is 2.91. The summed E-state index contributed by atoms with van der Waals surface area (Å²) in [6.07, 6.45) is 1.50. The van der Waals surface area contributed by atoms with Gasteiger partial charge in [0.15, 0.2) is 0 Å². The number of amides is 1. The molecule has 2 rings (SSSR count). The second kappa shape index (κ2) is 5.58. The monoisotopic (exact) mass is 277 g/mol. The van der Waals surface area contributed by atoms with Gasteiger partial charge in [-0.05, 0) is 18.2 Å². The van der Waals surface area contributed by atoms with Gasteiger partial charge in [-0.25, -0.2) is 0 Å². The van der Waals surface area contributed by atoms with Crippen LogP contribution in [0.25, 0.3) is 0 Å². The van der Waals surface area contributed by atoms with Crippen LogP contribution in [0.4, 0.5) is 5.69 Å². The Morgan fingerprint density at radius 1 is 1.32 bits per heavy atom. The summed E-state index contributed by atoms with van der Waals surface area (Å²) < 4.78 is 5.59. The molecule has 2 aromatic rings. The highest BCUT2D eigenvalue weighted by Crippen LogP contribution is 2.27. The Hall–Kier alpha value is -2.27. The molecule has 0 aliphatic rings. The van der Waals surface area contributed by atoms with Crippen molar-refractivity contribution in [3.05, 3.63) is 47.2 Å². The normalized spacial score (nSPS) is 10.0. The van der Waals surface area contributed by atoms with E-state index in [1.807, 2.05) is 0 Å². The summed E-state index contributed by atoms with van der Waals surface area (Å²) in [5.41, 5.74) is 6.37. The zero-order chi connectivity index (χ0) is 13.8. The van der Waals surface area contributed by atoms with Crippen molar-refractivity contribution in [1.29, 1.82) is 0 Å². The number of nitrogens with two attached hydrogens (primary N) is 1. The first-order chi connectivity index (χ1) is 9.10. The number of hydrogen-bond donors (Lipinski definition) is 2. The first-order valence-electron chi connectivity index (χ1n) is 5.51. The molecule has 1 heterocycles.